The van der Waals surface area contributed by atoms with Gasteiger partial charge < -0.3 is 31.2 Å². The lowest BCUT2D eigenvalue weighted by molar-refractivity contribution is -0.153. The van der Waals surface area contributed by atoms with Crippen molar-refractivity contribution in [3.8, 4) is 33.9 Å². The number of aliphatic hydroxyl groups excluding tert-OH is 2. The Kier molecular flexibility index (Phi) is 10.7. The molecule has 6 rings (SSSR count). The molecule has 1 atom stereocenters. The summed E-state index contributed by atoms with van der Waals surface area (Å²) in [7, 11) is 1.79. The first kappa shape index (κ1) is 35.7. The van der Waals surface area contributed by atoms with Gasteiger partial charge in [0.25, 0.3) is 6.43 Å². The number of para-hydroxylation sites is 1. The molecule has 50 heavy (non-hydrogen) atoms. The summed E-state index contributed by atoms with van der Waals surface area (Å²) in [6, 6.07) is 17.6. The molecule has 0 fully saturated rings. The molecule has 1 unspecified atom stereocenters. The smallest absolute Gasteiger partial charge is 0.422 e. The summed E-state index contributed by atoms with van der Waals surface area (Å²) >= 11 is 0. The highest BCUT2D eigenvalue weighted by Gasteiger charge is 2.30. The van der Waals surface area contributed by atoms with Gasteiger partial charge in [0.1, 0.15) is 0 Å². The Balaban J connectivity index is 0.000000200. The van der Waals surface area contributed by atoms with E-state index in [4.69, 9.17) is 26.0 Å². The van der Waals surface area contributed by atoms with Crippen LogP contribution in [0.4, 0.5) is 38.0 Å². The number of aliphatic hydroxyl groups is 2. The molecule has 0 aliphatic rings. The van der Waals surface area contributed by atoms with Crippen LogP contribution in [0.3, 0.4) is 0 Å². The first-order chi connectivity index (χ1) is 23.8. The number of hydrogen-bond acceptors (Lipinski definition) is 9. The third-order valence-electron chi connectivity index (χ3n) is 7.34. The van der Waals surface area contributed by atoms with Gasteiger partial charge in [0.05, 0.1) is 30.3 Å². The van der Waals surface area contributed by atoms with Crippen LogP contribution in [-0.4, -0.2) is 73.3 Å². The molecule has 17 heteroatoms. The zero-order chi connectivity index (χ0) is 36.2. The van der Waals surface area contributed by atoms with Crippen LogP contribution in [0.5, 0.6) is 11.6 Å². The number of nitrogens with zero attached hydrogens (tertiary/aromatic N) is 5. The molecule has 0 amide bonds. The normalized spacial score (nSPS) is 12.3. The van der Waals surface area contributed by atoms with Crippen molar-refractivity contribution in [2.45, 2.75) is 25.3 Å². The predicted molar refractivity (Wildman–Crippen MR) is 174 cm³/mol. The summed E-state index contributed by atoms with van der Waals surface area (Å²) in [6.07, 6.45) is -6.73. The van der Waals surface area contributed by atoms with Gasteiger partial charge in [-0.2, -0.15) is 23.4 Å². The van der Waals surface area contributed by atoms with Crippen LogP contribution in [0.25, 0.3) is 44.1 Å². The van der Waals surface area contributed by atoms with E-state index in [0.717, 1.165) is 22.5 Å². The Morgan fingerprint density at radius 1 is 0.860 bits per heavy atom. The average Bonchev–Trinajstić information content (AvgIpc) is 3.55. The summed E-state index contributed by atoms with van der Waals surface area (Å²) in [4.78, 5) is 4.03. The number of benzene rings is 3. The molecule has 3 aromatic carbocycles. The monoisotopic (exact) mass is 703 g/mol. The lowest BCUT2D eigenvalue weighted by atomic mass is 10.0. The fraction of sp³-hybridized carbons (Fsp3) is 0.242. The first-order valence-electron chi connectivity index (χ1n) is 14.9. The topological polar surface area (TPSA) is 159 Å². The van der Waals surface area contributed by atoms with Gasteiger partial charge in [-0.25, -0.2) is 18.2 Å². The van der Waals surface area contributed by atoms with Gasteiger partial charge in [0.15, 0.2) is 36.4 Å². The maximum atomic E-state index is 14.1. The van der Waals surface area contributed by atoms with Crippen molar-refractivity contribution in [3.63, 3.8) is 0 Å². The van der Waals surface area contributed by atoms with E-state index in [1.807, 2.05) is 18.2 Å². The summed E-state index contributed by atoms with van der Waals surface area (Å²) in [5.74, 6) is -0.639. The van der Waals surface area contributed by atoms with Crippen molar-refractivity contribution in [2.24, 2.45) is 7.05 Å². The SMILES string of the molecule is Cn1nc(N)c2ccc(-c3cccnc3OCC(F)F)cc21.Nc1nn(CC(O)CO)c2cc(-c3cccc(F)c3OCC(F)(F)F)ccc12. The molecular weight excluding hydrogens is 672 g/mol. The largest absolute Gasteiger partial charge is 0.480 e. The van der Waals surface area contributed by atoms with Crippen LogP contribution in [0.1, 0.15) is 0 Å². The van der Waals surface area contributed by atoms with Crippen molar-refractivity contribution in [1.82, 2.24) is 24.5 Å². The van der Waals surface area contributed by atoms with Crippen molar-refractivity contribution >= 4 is 33.4 Å². The number of halogens is 6. The number of alkyl halides is 5. The molecule has 6 aromatic rings. The van der Waals surface area contributed by atoms with Crippen molar-refractivity contribution in [2.75, 3.05) is 31.3 Å². The molecule has 264 valence electrons. The third kappa shape index (κ3) is 8.18. The molecule has 6 N–H and O–H groups in total. The Morgan fingerprint density at radius 3 is 2.18 bits per heavy atom. The van der Waals surface area contributed by atoms with Crippen molar-refractivity contribution < 1.29 is 46.0 Å². The number of anilines is 2. The Morgan fingerprint density at radius 2 is 1.50 bits per heavy atom. The molecule has 0 aliphatic heterocycles. The van der Waals surface area contributed by atoms with E-state index in [1.165, 1.54) is 23.0 Å². The van der Waals surface area contributed by atoms with Gasteiger partial charge >= 0.3 is 6.18 Å². The molecule has 0 bridgehead atoms. The van der Waals surface area contributed by atoms with Crippen LogP contribution in [0.15, 0.2) is 72.9 Å². The predicted octanol–water partition coefficient (Wildman–Crippen LogP) is 5.58. The van der Waals surface area contributed by atoms with E-state index in [2.05, 4.69) is 15.2 Å². The van der Waals surface area contributed by atoms with Crippen LogP contribution < -0.4 is 20.9 Å². The second-order valence-electron chi connectivity index (χ2n) is 11.0. The first-order valence-corrected chi connectivity index (χ1v) is 14.9. The molecule has 11 nitrogen and oxygen atoms in total. The number of nitrogen functional groups attached to an aromatic ring is 2. The van der Waals surface area contributed by atoms with Gasteiger partial charge in [0, 0.05) is 35.1 Å². The molecule has 0 aliphatic carbocycles. The van der Waals surface area contributed by atoms with E-state index >= 15 is 0 Å². The molecule has 0 radical (unpaired) electrons. The minimum absolute atomic E-state index is 0.0474. The van der Waals surface area contributed by atoms with Crippen LogP contribution in [0, 0.1) is 5.82 Å². The van der Waals surface area contributed by atoms with E-state index in [0.29, 0.717) is 27.8 Å². The van der Waals surface area contributed by atoms with Gasteiger partial charge in [-0.3, -0.25) is 9.36 Å². The Hall–Kier alpha value is -5.55. The van der Waals surface area contributed by atoms with Crippen LogP contribution >= 0.6 is 0 Å². The number of rotatable bonds is 10. The molecule has 3 heterocycles. The molecule has 0 saturated carbocycles. The zero-order valence-electron chi connectivity index (χ0n) is 26.3. The second kappa shape index (κ2) is 14.9. The number of ether oxygens (including phenoxy) is 2. The zero-order valence-corrected chi connectivity index (χ0v) is 26.3. The highest BCUT2D eigenvalue weighted by molar-refractivity contribution is 5.93. The van der Waals surface area contributed by atoms with E-state index < -0.39 is 50.1 Å². The lowest BCUT2D eigenvalue weighted by Crippen LogP contribution is -2.20. The number of nitrogens with two attached hydrogens (primary N) is 2. The van der Waals surface area contributed by atoms with Gasteiger partial charge in [0.2, 0.25) is 5.88 Å². The molecule has 0 spiro atoms. The van der Waals surface area contributed by atoms with Crippen molar-refractivity contribution in [1.29, 1.82) is 0 Å². The Labute approximate surface area is 280 Å². The average molecular weight is 704 g/mol. The highest BCUT2D eigenvalue weighted by atomic mass is 19.4. The number of aromatic nitrogens is 5. The van der Waals surface area contributed by atoms with E-state index in [1.54, 1.807) is 42.1 Å². The minimum Gasteiger partial charge on any atom is -0.480 e. The van der Waals surface area contributed by atoms with Crippen LogP contribution in [-0.2, 0) is 13.6 Å². The highest BCUT2D eigenvalue weighted by Crippen LogP contribution is 2.36. The summed E-state index contributed by atoms with van der Waals surface area (Å²) in [5, 5.41) is 28.3. The van der Waals surface area contributed by atoms with Crippen molar-refractivity contribution in [3.05, 3.63) is 78.7 Å². The van der Waals surface area contributed by atoms with Gasteiger partial charge in [-0.15, -0.1) is 0 Å². The number of fused-ring (bicyclic) bond motifs is 2. The quantitative estimate of drug-likeness (QED) is 0.134. The summed E-state index contributed by atoms with van der Waals surface area (Å²) < 4.78 is 89.2. The number of aryl methyl sites for hydroxylation is 1. The lowest BCUT2D eigenvalue weighted by Gasteiger charge is -2.14. The third-order valence-corrected chi connectivity index (χ3v) is 7.34. The fourth-order valence-electron chi connectivity index (χ4n) is 5.12. The standard InChI is InChI=1S/C18H17F4N3O3.C15H14F2N4O/c19-14-3-1-2-12(16(14)28-9-18(20,21)22)10-4-5-13-15(6-10)25(24-17(13)23)7-11(27)8-26;1-21-12-7-9(4-5-11(12)14(18)20-21)10-3-2-6-19-15(10)22-8-13(16)17/h1-6,11,26-27H,7-9H2,(H2,23,24);2-7,13H,8H2,1H3,(H2,18,20). The van der Waals surface area contributed by atoms with E-state index in [-0.39, 0.29) is 23.8 Å². The second-order valence-corrected chi connectivity index (χ2v) is 11.0. The summed E-state index contributed by atoms with van der Waals surface area (Å²) in [5.41, 5.74) is 14.9. The Bertz CT molecular complexity index is 2100. The van der Waals surface area contributed by atoms with Gasteiger partial charge in [-0.1, -0.05) is 24.3 Å². The maximum absolute atomic E-state index is 14.1. The van der Waals surface area contributed by atoms with Crippen LogP contribution in [0.2, 0.25) is 0 Å². The maximum Gasteiger partial charge on any atom is 0.422 e. The van der Waals surface area contributed by atoms with E-state index in [9.17, 15) is 31.4 Å². The minimum atomic E-state index is -4.61. The molecule has 3 aromatic heterocycles. The fourth-order valence-corrected chi connectivity index (χ4v) is 5.12. The summed E-state index contributed by atoms with van der Waals surface area (Å²) in [6.45, 7) is -2.85. The number of hydrogen-bond donors (Lipinski definition) is 4. The molecular formula is C33H31F6N7O4. The molecule has 0 saturated heterocycles. The van der Waals surface area contributed by atoms with Gasteiger partial charge in [-0.05, 0) is 53.6 Å². The number of pyridine rings is 1.